The van der Waals surface area contributed by atoms with Crippen molar-refractivity contribution in [2.45, 2.75) is 19.4 Å². The minimum absolute atomic E-state index is 0.0557. The fourth-order valence-corrected chi connectivity index (χ4v) is 3.33. The maximum Gasteiger partial charge on any atom is 0.228 e. The van der Waals surface area contributed by atoms with Crippen molar-refractivity contribution in [2.75, 3.05) is 26.2 Å². The topological polar surface area (TPSA) is 60.9 Å². The van der Waals surface area contributed by atoms with Gasteiger partial charge in [0.15, 0.2) is 0 Å². The predicted molar refractivity (Wildman–Crippen MR) is 81.7 cm³/mol. The molecule has 3 rings (SSSR count). The summed E-state index contributed by atoms with van der Waals surface area (Å²) in [4.78, 5) is 28.2. The number of carbonyl (C=O) groups excluding carboxylic acids is 2. The van der Waals surface area contributed by atoms with Crippen LogP contribution in [0.1, 0.15) is 18.4 Å². The Labute approximate surface area is 130 Å². The first kappa shape index (κ1) is 15.0. The van der Waals surface area contributed by atoms with E-state index >= 15 is 0 Å². The van der Waals surface area contributed by atoms with Crippen LogP contribution in [0.5, 0.6) is 0 Å². The summed E-state index contributed by atoms with van der Waals surface area (Å²) in [6.45, 7) is 2.54. The number of amides is 2. The molecule has 1 aromatic carbocycles. The molecule has 0 aromatic heterocycles. The van der Waals surface area contributed by atoms with Gasteiger partial charge in [-0.3, -0.25) is 9.59 Å². The molecule has 2 unspecified atom stereocenters. The van der Waals surface area contributed by atoms with Gasteiger partial charge in [-0.1, -0.05) is 30.3 Å². The number of rotatable bonds is 4. The summed E-state index contributed by atoms with van der Waals surface area (Å²) in [6.07, 6.45) is 1.17. The van der Waals surface area contributed by atoms with Gasteiger partial charge in [-0.25, -0.2) is 0 Å². The Hall–Kier alpha value is -1.88. The molecular weight excluding hydrogens is 280 g/mol. The normalized spacial score (nSPS) is 25.0. The summed E-state index contributed by atoms with van der Waals surface area (Å²) in [5.74, 6) is 0.0927. The first-order valence-corrected chi connectivity index (χ1v) is 7.88. The van der Waals surface area contributed by atoms with Crippen LogP contribution in [0.3, 0.4) is 0 Å². The lowest BCUT2D eigenvalue weighted by Gasteiger charge is -2.21. The summed E-state index contributed by atoms with van der Waals surface area (Å²) < 4.78 is 0. The summed E-state index contributed by atoms with van der Waals surface area (Å²) in [5, 5.41) is 9.18. The van der Waals surface area contributed by atoms with Gasteiger partial charge in [0.1, 0.15) is 0 Å². The lowest BCUT2D eigenvalue weighted by atomic mass is 10.1. The zero-order valence-corrected chi connectivity index (χ0v) is 12.6. The van der Waals surface area contributed by atoms with Crippen LogP contribution in [0, 0.1) is 11.8 Å². The Balaban J connectivity index is 1.58. The number of benzene rings is 1. The van der Waals surface area contributed by atoms with Crippen LogP contribution in [-0.2, 0) is 16.1 Å². The molecule has 2 aliphatic heterocycles. The van der Waals surface area contributed by atoms with Gasteiger partial charge in [-0.15, -0.1) is 0 Å². The highest BCUT2D eigenvalue weighted by atomic mass is 16.3. The van der Waals surface area contributed by atoms with Crippen molar-refractivity contribution in [3.8, 4) is 0 Å². The zero-order valence-electron chi connectivity index (χ0n) is 12.6. The molecule has 2 heterocycles. The van der Waals surface area contributed by atoms with Crippen molar-refractivity contribution in [3.63, 3.8) is 0 Å². The van der Waals surface area contributed by atoms with Crippen molar-refractivity contribution in [3.05, 3.63) is 35.9 Å². The van der Waals surface area contributed by atoms with Gasteiger partial charge >= 0.3 is 0 Å². The third-order valence-electron chi connectivity index (χ3n) is 4.64. The van der Waals surface area contributed by atoms with E-state index < -0.39 is 0 Å². The van der Waals surface area contributed by atoms with E-state index in [1.165, 1.54) is 0 Å². The van der Waals surface area contributed by atoms with Crippen LogP contribution in [0.15, 0.2) is 30.3 Å². The average Bonchev–Trinajstić information content (AvgIpc) is 3.15. The zero-order chi connectivity index (χ0) is 15.5. The largest absolute Gasteiger partial charge is 0.396 e. The highest BCUT2D eigenvalue weighted by Gasteiger charge is 2.38. The molecule has 0 aliphatic carbocycles. The van der Waals surface area contributed by atoms with E-state index in [1.807, 2.05) is 35.2 Å². The molecule has 2 amide bonds. The quantitative estimate of drug-likeness (QED) is 0.898. The maximum absolute atomic E-state index is 12.5. The number of nitrogens with zero attached hydrogens (tertiary/aromatic N) is 2. The monoisotopic (exact) mass is 302 g/mol. The molecule has 5 heteroatoms. The average molecular weight is 302 g/mol. The van der Waals surface area contributed by atoms with E-state index in [4.69, 9.17) is 0 Å². The molecule has 2 atom stereocenters. The van der Waals surface area contributed by atoms with Gasteiger partial charge in [0.25, 0.3) is 0 Å². The van der Waals surface area contributed by atoms with E-state index in [1.54, 1.807) is 4.90 Å². The Morgan fingerprint density at radius 1 is 1.23 bits per heavy atom. The van der Waals surface area contributed by atoms with Crippen molar-refractivity contribution in [2.24, 2.45) is 11.8 Å². The highest BCUT2D eigenvalue weighted by molar-refractivity contribution is 5.89. The molecule has 0 radical (unpaired) electrons. The van der Waals surface area contributed by atoms with Crippen LogP contribution in [0.25, 0.3) is 0 Å². The summed E-state index contributed by atoms with van der Waals surface area (Å²) >= 11 is 0. The molecular formula is C17H22N2O3. The van der Waals surface area contributed by atoms with Gasteiger partial charge in [0, 0.05) is 45.1 Å². The second kappa shape index (κ2) is 6.48. The number of aliphatic hydroxyl groups is 1. The molecule has 1 N–H and O–H groups in total. The van der Waals surface area contributed by atoms with Crippen molar-refractivity contribution < 1.29 is 14.7 Å². The van der Waals surface area contributed by atoms with Gasteiger partial charge in [-0.2, -0.15) is 0 Å². The number of hydrogen-bond donors (Lipinski definition) is 1. The summed E-state index contributed by atoms with van der Waals surface area (Å²) in [7, 11) is 0. The first-order chi connectivity index (χ1) is 10.7. The number of aliphatic hydroxyl groups excluding tert-OH is 1. The second-order valence-electron chi connectivity index (χ2n) is 6.28. The Morgan fingerprint density at radius 3 is 2.68 bits per heavy atom. The van der Waals surface area contributed by atoms with E-state index in [0.717, 1.165) is 12.0 Å². The summed E-state index contributed by atoms with van der Waals surface area (Å²) in [6, 6.07) is 9.85. The van der Waals surface area contributed by atoms with Crippen LogP contribution in [-0.4, -0.2) is 53.0 Å². The minimum Gasteiger partial charge on any atom is -0.396 e. The van der Waals surface area contributed by atoms with Crippen molar-refractivity contribution in [1.29, 1.82) is 0 Å². The van der Waals surface area contributed by atoms with E-state index in [0.29, 0.717) is 32.6 Å². The molecule has 22 heavy (non-hydrogen) atoms. The standard InChI is InChI=1S/C17H22N2O3/c20-12-14-6-7-18(10-14)17(22)15-8-16(21)19(11-15)9-13-4-2-1-3-5-13/h1-5,14-15,20H,6-12H2. The molecule has 0 bridgehead atoms. The molecule has 1 aromatic rings. The maximum atomic E-state index is 12.5. The molecule has 0 saturated carbocycles. The molecule has 2 aliphatic rings. The SMILES string of the molecule is O=C1CC(C(=O)N2CCC(CO)C2)CN1Cc1ccccc1. The van der Waals surface area contributed by atoms with Crippen molar-refractivity contribution in [1.82, 2.24) is 9.80 Å². The fraction of sp³-hybridized carbons (Fsp3) is 0.529. The van der Waals surface area contributed by atoms with Crippen LogP contribution in [0.4, 0.5) is 0 Å². The van der Waals surface area contributed by atoms with E-state index in [9.17, 15) is 14.7 Å². The fourth-order valence-electron chi connectivity index (χ4n) is 3.33. The van der Waals surface area contributed by atoms with Crippen LogP contribution in [0.2, 0.25) is 0 Å². The molecule has 0 spiro atoms. The third-order valence-corrected chi connectivity index (χ3v) is 4.64. The lowest BCUT2D eigenvalue weighted by Crippen LogP contribution is -2.36. The predicted octanol–water partition coefficient (Wildman–Crippen LogP) is 0.876. The van der Waals surface area contributed by atoms with Gasteiger partial charge in [0.05, 0.1) is 5.92 Å². The second-order valence-corrected chi connectivity index (χ2v) is 6.28. The summed E-state index contributed by atoms with van der Waals surface area (Å²) in [5.41, 5.74) is 1.09. The van der Waals surface area contributed by atoms with Gasteiger partial charge < -0.3 is 14.9 Å². The number of carbonyl (C=O) groups is 2. The molecule has 2 fully saturated rings. The first-order valence-electron chi connectivity index (χ1n) is 7.88. The molecule has 118 valence electrons. The highest BCUT2D eigenvalue weighted by Crippen LogP contribution is 2.25. The number of hydrogen-bond acceptors (Lipinski definition) is 3. The molecule has 2 saturated heterocycles. The van der Waals surface area contributed by atoms with E-state index in [-0.39, 0.29) is 30.3 Å². The van der Waals surface area contributed by atoms with Gasteiger partial charge in [-0.05, 0) is 12.0 Å². The minimum atomic E-state index is -0.228. The Kier molecular flexibility index (Phi) is 4.43. The smallest absolute Gasteiger partial charge is 0.228 e. The van der Waals surface area contributed by atoms with Crippen LogP contribution >= 0.6 is 0 Å². The Morgan fingerprint density at radius 2 is 2.00 bits per heavy atom. The van der Waals surface area contributed by atoms with Crippen molar-refractivity contribution >= 4 is 11.8 Å². The van der Waals surface area contributed by atoms with Gasteiger partial charge in [0.2, 0.25) is 11.8 Å². The number of likely N-dealkylation sites (tertiary alicyclic amines) is 2. The molecule has 5 nitrogen and oxygen atoms in total. The van der Waals surface area contributed by atoms with E-state index in [2.05, 4.69) is 0 Å². The lowest BCUT2D eigenvalue weighted by molar-refractivity contribution is -0.135. The van der Waals surface area contributed by atoms with Crippen LogP contribution < -0.4 is 0 Å². The Bertz CT molecular complexity index is 546. The third kappa shape index (κ3) is 3.14.